The minimum Gasteiger partial charge on any atom is -0.345 e. The highest BCUT2D eigenvalue weighted by Crippen LogP contribution is 2.22. The predicted octanol–water partition coefficient (Wildman–Crippen LogP) is 2.11. The number of fused-ring (bicyclic) bond motifs is 1. The largest absolute Gasteiger partial charge is 0.345 e. The first-order valence-corrected chi connectivity index (χ1v) is 4.91. The summed E-state index contributed by atoms with van der Waals surface area (Å²) in [6.07, 6.45) is 2.45. The number of aromatic nitrogens is 2. The number of nitrogens with two attached hydrogens (primary N) is 1. The number of nitrogens with zero attached hydrogens (tertiary/aromatic N) is 1. The van der Waals surface area contributed by atoms with Gasteiger partial charge in [0.25, 0.3) is 0 Å². The molecule has 1 aromatic carbocycles. The van der Waals surface area contributed by atoms with Crippen LogP contribution in [0.5, 0.6) is 0 Å². The van der Waals surface area contributed by atoms with Gasteiger partial charge in [0.05, 0.1) is 17.4 Å². The molecule has 0 saturated carbocycles. The van der Waals surface area contributed by atoms with E-state index in [1.54, 1.807) is 6.33 Å². The maximum absolute atomic E-state index is 6.09. The number of imidazole rings is 1. The first kappa shape index (κ1) is 9.49. The van der Waals surface area contributed by atoms with Crippen molar-refractivity contribution < 1.29 is 0 Å². The fourth-order valence-corrected chi connectivity index (χ4v) is 1.74. The molecule has 0 spiro atoms. The van der Waals surface area contributed by atoms with Crippen molar-refractivity contribution in [2.45, 2.75) is 19.4 Å². The Hall–Kier alpha value is -1.06. The SMILES string of the molecule is CC(N)Cc1cc2[nH]cnc2cc1Cl. The summed E-state index contributed by atoms with van der Waals surface area (Å²) in [6.45, 7) is 1.97. The van der Waals surface area contributed by atoms with E-state index in [2.05, 4.69) is 9.97 Å². The zero-order chi connectivity index (χ0) is 10.1. The molecule has 74 valence electrons. The first-order chi connectivity index (χ1) is 6.66. The third-order valence-electron chi connectivity index (χ3n) is 2.13. The highest BCUT2D eigenvalue weighted by Gasteiger charge is 2.06. The van der Waals surface area contributed by atoms with Gasteiger partial charge in [-0.25, -0.2) is 4.98 Å². The van der Waals surface area contributed by atoms with Crippen molar-refractivity contribution in [3.63, 3.8) is 0 Å². The van der Waals surface area contributed by atoms with Gasteiger partial charge in [0.1, 0.15) is 0 Å². The van der Waals surface area contributed by atoms with Gasteiger partial charge in [-0.1, -0.05) is 11.6 Å². The van der Waals surface area contributed by atoms with Crippen LogP contribution in [0.15, 0.2) is 18.5 Å². The standard InChI is InChI=1S/C10H12ClN3/c1-6(12)2-7-3-9-10(4-8(7)11)14-5-13-9/h3-6H,2,12H2,1H3,(H,13,14). The van der Waals surface area contributed by atoms with E-state index in [0.717, 1.165) is 28.0 Å². The summed E-state index contributed by atoms with van der Waals surface area (Å²) < 4.78 is 0. The van der Waals surface area contributed by atoms with Crippen molar-refractivity contribution in [2.24, 2.45) is 5.73 Å². The Morgan fingerprint density at radius 3 is 3.07 bits per heavy atom. The second kappa shape index (κ2) is 3.59. The number of H-pyrrole nitrogens is 1. The van der Waals surface area contributed by atoms with Crippen molar-refractivity contribution in [2.75, 3.05) is 0 Å². The number of halogens is 1. The summed E-state index contributed by atoms with van der Waals surface area (Å²) in [5.41, 5.74) is 8.69. The molecule has 1 heterocycles. The van der Waals surface area contributed by atoms with E-state index in [-0.39, 0.29) is 6.04 Å². The minimum atomic E-state index is 0.118. The van der Waals surface area contributed by atoms with Crippen LogP contribution in [0.1, 0.15) is 12.5 Å². The molecule has 2 rings (SSSR count). The van der Waals surface area contributed by atoms with Crippen LogP contribution in [0.3, 0.4) is 0 Å². The highest BCUT2D eigenvalue weighted by molar-refractivity contribution is 6.32. The molecular weight excluding hydrogens is 198 g/mol. The fourth-order valence-electron chi connectivity index (χ4n) is 1.50. The summed E-state index contributed by atoms with van der Waals surface area (Å²) in [4.78, 5) is 7.18. The van der Waals surface area contributed by atoms with Crippen LogP contribution in [0.25, 0.3) is 11.0 Å². The van der Waals surface area contributed by atoms with Gasteiger partial charge in [0, 0.05) is 11.1 Å². The monoisotopic (exact) mass is 209 g/mol. The lowest BCUT2D eigenvalue weighted by molar-refractivity contribution is 0.739. The average molecular weight is 210 g/mol. The minimum absolute atomic E-state index is 0.118. The number of benzene rings is 1. The Morgan fingerprint density at radius 1 is 1.57 bits per heavy atom. The van der Waals surface area contributed by atoms with Crippen LogP contribution in [0, 0.1) is 0 Å². The third-order valence-corrected chi connectivity index (χ3v) is 2.48. The molecule has 1 unspecified atom stereocenters. The van der Waals surface area contributed by atoms with Gasteiger partial charge >= 0.3 is 0 Å². The maximum Gasteiger partial charge on any atom is 0.0931 e. The quantitative estimate of drug-likeness (QED) is 0.796. The molecular formula is C10H12ClN3. The van der Waals surface area contributed by atoms with Crippen LogP contribution in [-0.4, -0.2) is 16.0 Å². The molecule has 14 heavy (non-hydrogen) atoms. The summed E-state index contributed by atoms with van der Waals surface area (Å²) in [7, 11) is 0. The van der Waals surface area contributed by atoms with E-state index in [1.165, 1.54) is 0 Å². The predicted molar refractivity (Wildman–Crippen MR) is 58.5 cm³/mol. The highest BCUT2D eigenvalue weighted by atomic mass is 35.5. The van der Waals surface area contributed by atoms with Gasteiger partial charge in [0.2, 0.25) is 0 Å². The first-order valence-electron chi connectivity index (χ1n) is 4.54. The Labute approximate surface area is 87.3 Å². The molecule has 0 aliphatic heterocycles. The number of rotatable bonds is 2. The lowest BCUT2D eigenvalue weighted by Gasteiger charge is -2.07. The van der Waals surface area contributed by atoms with Gasteiger partial charge in [0.15, 0.2) is 0 Å². The van der Waals surface area contributed by atoms with Gasteiger partial charge in [-0.05, 0) is 31.0 Å². The molecule has 2 aromatic rings. The molecule has 0 saturated heterocycles. The number of aromatic amines is 1. The molecule has 3 nitrogen and oxygen atoms in total. The second-order valence-corrected chi connectivity index (χ2v) is 3.95. The molecule has 3 N–H and O–H groups in total. The van der Waals surface area contributed by atoms with Gasteiger partial charge < -0.3 is 10.7 Å². The molecule has 0 bridgehead atoms. The molecule has 0 amide bonds. The van der Waals surface area contributed by atoms with Crippen LogP contribution in [0.4, 0.5) is 0 Å². The van der Waals surface area contributed by atoms with Gasteiger partial charge in [-0.2, -0.15) is 0 Å². The number of hydrogen-bond donors (Lipinski definition) is 2. The maximum atomic E-state index is 6.09. The Kier molecular flexibility index (Phi) is 2.44. The van der Waals surface area contributed by atoms with Crippen molar-refractivity contribution >= 4 is 22.6 Å². The van der Waals surface area contributed by atoms with Gasteiger partial charge in [-0.3, -0.25) is 0 Å². The summed E-state index contributed by atoms with van der Waals surface area (Å²) in [5.74, 6) is 0. The van der Waals surface area contributed by atoms with E-state index < -0.39 is 0 Å². The zero-order valence-corrected chi connectivity index (χ0v) is 8.67. The van der Waals surface area contributed by atoms with E-state index in [4.69, 9.17) is 17.3 Å². The van der Waals surface area contributed by atoms with Crippen LogP contribution >= 0.6 is 11.6 Å². The summed E-state index contributed by atoms with van der Waals surface area (Å²) >= 11 is 6.09. The third kappa shape index (κ3) is 1.74. The Morgan fingerprint density at radius 2 is 2.36 bits per heavy atom. The smallest absolute Gasteiger partial charge is 0.0931 e. The molecule has 0 fully saturated rings. The van der Waals surface area contributed by atoms with E-state index >= 15 is 0 Å². The van der Waals surface area contributed by atoms with E-state index in [1.807, 2.05) is 19.1 Å². The molecule has 1 atom stereocenters. The van der Waals surface area contributed by atoms with E-state index in [0.29, 0.717) is 0 Å². The number of hydrogen-bond acceptors (Lipinski definition) is 2. The zero-order valence-electron chi connectivity index (χ0n) is 7.92. The average Bonchev–Trinajstić information content (AvgIpc) is 2.51. The molecule has 4 heteroatoms. The molecule has 1 aromatic heterocycles. The topological polar surface area (TPSA) is 54.7 Å². The van der Waals surface area contributed by atoms with Crippen molar-refractivity contribution in [1.82, 2.24) is 9.97 Å². The Bertz CT molecular complexity index is 448. The molecule has 0 aliphatic carbocycles. The van der Waals surface area contributed by atoms with Crippen LogP contribution < -0.4 is 5.73 Å². The summed E-state index contributed by atoms with van der Waals surface area (Å²) in [6, 6.07) is 3.99. The number of nitrogens with one attached hydrogen (secondary N) is 1. The second-order valence-electron chi connectivity index (χ2n) is 3.54. The van der Waals surface area contributed by atoms with Gasteiger partial charge in [-0.15, -0.1) is 0 Å². The molecule has 0 aliphatic rings. The normalized spacial score (nSPS) is 13.4. The van der Waals surface area contributed by atoms with E-state index in [9.17, 15) is 0 Å². The van der Waals surface area contributed by atoms with Crippen molar-refractivity contribution in [1.29, 1.82) is 0 Å². The summed E-state index contributed by atoms with van der Waals surface area (Å²) in [5, 5.41) is 0.738. The van der Waals surface area contributed by atoms with Crippen LogP contribution in [0.2, 0.25) is 5.02 Å². The molecule has 0 radical (unpaired) electrons. The van der Waals surface area contributed by atoms with Crippen molar-refractivity contribution in [3.8, 4) is 0 Å². The lowest BCUT2D eigenvalue weighted by atomic mass is 10.1. The lowest BCUT2D eigenvalue weighted by Crippen LogP contribution is -2.17. The van der Waals surface area contributed by atoms with Crippen molar-refractivity contribution in [3.05, 3.63) is 29.0 Å². The van der Waals surface area contributed by atoms with Crippen LogP contribution in [-0.2, 0) is 6.42 Å². The fraction of sp³-hybridized carbons (Fsp3) is 0.300. The Balaban J connectivity index is 2.48.